The van der Waals surface area contributed by atoms with E-state index in [2.05, 4.69) is 62.2 Å². The molecule has 0 aliphatic rings. The predicted molar refractivity (Wildman–Crippen MR) is 275 cm³/mol. The molecule has 0 aliphatic carbocycles. The van der Waals surface area contributed by atoms with Crippen LogP contribution in [-0.2, 0) is 42.9 Å². The molecule has 11 heteroatoms. The monoisotopic (exact) mass is 947 g/mol. The quantitative estimate of drug-likeness (QED) is 0.0271. The van der Waals surface area contributed by atoms with Crippen molar-refractivity contribution in [1.82, 2.24) is 10.2 Å². The molecule has 0 saturated carbocycles. The van der Waals surface area contributed by atoms with E-state index in [1.165, 1.54) is 44.9 Å². The van der Waals surface area contributed by atoms with E-state index < -0.39 is 35.8 Å². The minimum absolute atomic E-state index is 0.0832. The van der Waals surface area contributed by atoms with Crippen LogP contribution in [0.1, 0.15) is 241 Å². The van der Waals surface area contributed by atoms with Crippen LogP contribution in [0.4, 0.5) is 0 Å². The van der Waals surface area contributed by atoms with Crippen molar-refractivity contribution in [3.63, 3.8) is 0 Å². The van der Waals surface area contributed by atoms with Gasteiger partial charge in [0.25, 0.3) is 5.91 Å². The number of esters is 4. The smallest absolute Gasteiger partial charge is 0.308 e. The molecule has 3 unspecified atom stereocenters. The van der Waals surface area contributed by atoms with Crippen LogP contribution >= 0.6 is 0 Å². The maximum Gasteiger partial charge on any atom is 0.308 e. The number of carbonyl (C=O) groups is 5. The van der Waals surface area contributed by atoms with Crippen LogP contribution in [0.15, 0.2) is 24.3 Å². The van der Waals surface area contributed by atoms with E-state index in [4.69, 9.17) is 18.9 Å². The molecule has 0 aliphatic heterocycles. The van der Waals surface area contributed by atoms with E-state index in [1.807, 2.05) is 13.8 Å². The van der Waals surface area contributed by atoms with Crippen LogP contribution in [0.3, 0.4) is 0 Å². The molecule has 1 amide bonds. The average molecular weight is 947 g/mol. The Morgan fingerprint density at radius 3 is 1.58 bits per heavy atom. The first kappa shape index (κ1) is 63.8. The Labute approximate surface area is 410 Å². The lowest BCUT2D eigenvalue weighted by Crippen LogP contribution is -2.46. The Morgan fingerprint density at radius 2 is 0.985 bits per heavy atom. The SMILES string of the molecule is CCCCC/C=C\C/C=C\CCCCCCCC(=O)OCC(COC(=O)CCCCOC(=O)C(CCCC)CCCCCC)C(OC(=O)CCN(CC)CC)C(=O)NCCCCCCCCC. The zero-order chi connectivity index (χ0) is 49.4. The molecule has 0 spiro atoms. The molecule has 0 aromatic carbocycles. The molecular formula is C56H102N2O9. The lowest BCUT2D eigenvalue weighted by molar-refractivity contribution is -0.167. The molecule has 0 heterocycles. The fourth-order valence-electron chi connectivity index (χ4n) is 7.91. The first-order valence-electron chi connectivity index (χ1n) is 27.6. The molecular weight excluding hydrogens is 845 g/mol. The molecule has 0 aromatic heterocycles. The number of unbranched alkanes of at least 4 members (excludes halogenated alkanes) is 19. The molecule has 0 aromatic rings. The first-order valence-corrected chi connectivity index (χ1v) is 27.6. The van der Waals surface area contributed by atoms with Gasteiger partial charge in [-0.3, -0.25) is 24.0 Å². The van der Waals surface area contributed by atoms with Gasteiger partial charge in [0.15, 0.2) is 6.10 Å². The zero-order valence-corrected chi connectivity index (χ0v) is 44.0. The fraction of sp³-hybridized carbons (Fsp3) is 0.839. The van der Waals surface area contributed by atoms with Crippen molar-refractivity contribution < 1.29 is 42.9 Å². The predicted octanol–water partition coefficient (Wildman–Crippen LogP) is 13.5. The van der Waals surface area contributed by atoms with Crippen molar-refractivity contribution in [3.8, 4) is 0 Å². The highest BCUT2D eigenvalue weighted by Gasteiger charge is 2.34. The second-order valence-electron chi connectivity index (χ2n) is 18.5. The fourth-order valence-corrected chi connectivity index (χ4v) is 7.91. The number of nitrogens with one attached hydrogen (secondary N) is 1. The topological polar surface area (TPSA) is 138 Å². The number of ether oxygens (including phenoxy) is 4. The number of rotatable bonds is 48. The van der Waals surface area contributed by atoms with Gasteiger partial charge in [-0.15, -0.1) is 0 Å². The van der Waals surface area contributed by atoms with E-state index in [0.717, 1.165) is 129 Å². The van der Waals surface area contributed by atoms with Crippen LogP contribution < -0.4 is 5.32 Å². The van der Waals surface area contributed by atoms with Gasteiger partial charge in [0, 0.05) is 25.9 Å². The molecule has 0 bridgehead atoms. The van der Waals surface area contributed by atoms with Crippen LogP contribution in [-0.4, -0.2) is 86.8 Å². The largest absolute Gasteiger partial charge is 0.465 e. The summed E-state index contributed by atoms with van der Waals surface area (Å²) in [4.78, 5) is 68.2. The molecule has 0 saturated heterocycles. The standard InChI is InChI=1S/C56H102N2O9/c1-7-13-17-20-22-23-24-25-26-27-28-29-30-32-35-41-51(59)65-47-50(48-66-52(60)42-36-38-46-64-56(63)49(39-16-10-4)40-34-19-15-9-3)54(67-53(61)43-45-58(11-5)12-6)55(62)57-44-37-33-31-21-18-14-8-2/h22-23,25-26,49-50,54H,7-21,24,27-48H2,1-6H3,(H,57,62)/b23-22-,26-25-. The number of hydrogen-bond donors (Lipinski definition) is 1. The summed E-state index contributed by atoms with van der Waals surface area (Å²) in [5, 5.41) is 2.95. The Kier molecular flexibility index (Phi) is 45.5. The number of nitrogens with zero attached hydrogens (tertiary/aromatic N) is 1. The minimum Gasteiger partial charge on any atom is -0.465 e. The summed E-state index contributed by atoms with van der Waals surface area (Å²) < 4.78 is 23.0. The maximum absolute atomic E-state index is 13.8. The van der Waals surface area contributed by atoms with Crippen molar-refractivity contribution >= 4 is 29.8 Å². The van der Waals surface area contributed by atoms with Crippen molar-refractivity contribution in [3.05, 3.63) is 24.3 Å². The third-order valence-electron chi connectivity index (χ3n) is 12.5. The molecule has 11 nitrogen and oxygen atoms in total. The normalized spacial score (nSPS) is 12.9. The Hall–Kier alpha value is -3.21. The highest BCUT2D eigenvalue weighted by molar-refractivity contribution is 5.84. The summed E-state index contributed by atoms with van der Waals surface area (Å²) >= 11 is 0. The summed E-state index contributed by atoms with van der Waals surface area (Å²) in [5.74, 6) is -3.05. The van der Waals surface area contributed by atoms with Crippen molar-refractivity contribution in [2.75, 3.05) is 46.0 Å². The van der Waals surface area contributed by atoms with Crippen molar-refractivity contribution in [1.29, 1.82) is 0 Å². The Morgan fingerprint density at radius 1 is 0.493 bits per heavy atom. The van der Waals surface area contributed by atoms with Gasteiger partial charge in [-0.1, -0.05) is 175 Å². The molecule has 0 rings (SSSR count). The number of allylic oxidation sites excluding steroid dienone is 4. The number of carbonyl (C=O) groups excluding carboxylic acids is 5. The molecule has 0 fully saturated rings. The third-order valence-corrected chi connectivity index (χ3v) is 12.5. The summed E-state index contributed by atoms with van der Waals surface area (Å²) in [6.45, 7) is 15.0. The average Bonchev–Trinajstić information content (AvgIpc) is 3.32. The van der Waals surface area contributed by atoms with Crippen LogP contribution in [0.2, 0.25) is 0 Å². The molecule has 67 heavy (non-hydrogen) atoms. The first-order chi connectivity index (χ1) is 32.7. The van der Waals surface area contributed by atoms with Gasteiger partial charge in [-0.25, -0.2) is 0 Å². The van der Waals surface area contributed by atoms with Crippen LogP contribution in [0, 0.1) is 11.8 Å². The summed E-state index contributed by atoms with van der Waals surface area (Å²) in [6, 6.07) is 0. The van der Waals surface area contributed by atoms with Gasteiger partial charge in [0.05, 0.1) is 24.9 Å². The minimum atomic E-state index is -1.31. The summed E-state index contributed by atoms with van der Waals surface area (Å²) in [6.07, 6.45) is 36.7. The van der Waals surface area contributed by atoms with E-state index in [0.29, 0.717) is 32.4 Å². The van der Waals surface area contributed by atoms with Gasteiger partial charge < -0.3 is 29.2 Å². The number of hydrogen-bond acceptors (Lipinski definition) is 10. The maximum atomic E-state index is 13.8. The van der Waals surface area contributed by atoms with Gasteiger partial charge >= 0.3 is 23.9 Å². The van der Waals surface area contributed by atoms with Gasteiger partial charge in [-0.2, -0.15) is 0 Å². The van der Waals surface area contributed by atoms with Gasteiger partial charge in [0.1, 0.15) is 13.2 Å². The molecule has 390 valence electrons. The third kappa shape index (κ3) is 39.4. The second kappa shape index (κ2) is 47.8. The van der Waals surface area contributed by atoms with Crippen LogP contribution in [0.25, 0.3) is 0 Å². The molecule has 1 N–H and O–H groups in total. The summed E-state index contributed by atoms with van der Waals surface area (Å²) in [5.41, 5.74) is 0. The van der Waals surface area contributed by atoms with E-state index in [9.17, 15) is 24.0 Å². The molecule has 3 atom stereocenters. The van der Waals surface area contributed by atoms with Crippen molar-refractivity contribution in [2.24, 2.45) is 11.8 Å². The lowest BCUT2D eigenvalue weighted by atomic mass is 9.95. The molecule has 0 radical (unpaired) electrons. The van der Waals surface area contributed by atoms with Crippen LogP contribution in [0.5, 0.6) is 0 Å². The van der Waals surface area contributed by atoms with Crippen molar-refractivity contribution in [2.45, 2.75) is 247 Å². The van der Waals surface area contributed by atoms with Gasteiger partial charge in [0.2, 0.25) is 0 Å². The Bertz CT molecular complexity index is 1270. The second-order valence-corrected chi connectivity index (χ2v) is 18.5. The zero-order valence-electron chi connectivity index (χ0n) is 44.0. The lowest BCUT2D eigenvalue weighted by Gasteiger charge is -2.26. The summed E-state index contributed by atoms with van der Waals surface area (Å²) in [7, 11) is 0. The highest BCUT2D eigenvalue weighted by atomic mass is 16.6. The highest BCUT2D eigenvalue weighted by Crippen LogP contribution is 2.20. The Balaban J connectivity index is 5.49. The van der Waals surface area contributed by atoms with E-state index in [1.54, 1.807) is 0 Å². The van der Waals surface area contributed by atoms with Gasteiger partial charge in [-0.05, 0) is 83.7 Å². The van der Waals surface area contributed by atoms with E-state index in [-0.39, 0.29) is 51.0 Å². The number of amides is 1. The van der Waals surface area contributed by atoms with E-state index >= 15 is 0 Å².